The van der Waals surface area contributed by atoms with Gasteiger partial charge in [0, 0.05) is 29.9 Å². The van der Waals surface area contributed by atoms with Crippen LogP contribution >= 0.6 is 11.3 Å². The molecule has 150 valence electrons. The first kappa shape index (κ1) is 20.3. The summed E-state index contributed by atoms with van der Waals surface area (Å²) in [4.78, 5) is 28.4. The van der Waals surface area contributed by atoms with E-state index >= 15 is 0 Å². The number of fused-ring (bicyclic) bond motifs is 2. The highest BCUT2D eigenvalue weighted by Crippen LogP contribution is 2.44. The Bertz CT molecular complexity index is 718. The van der Waals surface area contributed by atoms with E-state index in [2.05, 4.69) is 12.2 Å². The number of rotatable bonds is 4. The summed E-state index contributed by atoms with van der Waals surface area (Å²) in [6, 6.07) is 1.99. The lowest BCUT2D eigenvalue weighted by atomic mass is 9.82. The lowest BCUT2D eigenvalue weighted by Gasteiger charge is -2.44. The van der Waals surface area contributed by atoms with Gasteiger partial charge in [0.15, 0.2) is 0 Å². The second kappa shape index (κ2) is 7.53. The van der Waals surface area contributed by atoms with Crippen LogP contribution in [0.3, 0.4) is 0 Å². The van der Waals surface area contributed by atoms with Gasteiger partial charge in [-0.05, 0) is 51.7 Å². The summed E-state index contributed by atoms with van der Waals surface area (Å²) in [7, 11) is 0. The number of nitrogens with one attached hydrogen (secondary N) is 1. The molecule has 0 aromatic carbocycles. The molecule has 0 unspecified atom stereocenters. The number of likely N-dealkylation sites (tertiary alicyclic amines) is 1. The molecular weight excluding hydrogens is 364 g/mol. The van der Waals surface area contributed by atoms with Crippen LogP contribution in [0.1, 0.15) is 67.1 Å². The Balaban J connectivity index is 1.79. The largest absolute Gasteiger partial charge is 0.384 e. The van der Waals surface area contributed by atoms with Crippen LogP contribution in [-0.4, -0.2) is 53.2 Å². The molecule has 2 aliphatic heterocycles. The van der Waals surface area contributed by atoms with Gasteiger partial charge >= 0.3 is 0 Å². The van der Waals surface area contributed by atoms with Crippen molar-refractivity contribution in [2.24, 2.45) is 0 Å². The van der Waals surface area contributed by atoms with Crippen LogP contribution in [0.15, 0.2) is 6.07 Å². The van der Waals surface area contributed by atoms with Crippen LogP contribution in [0.25, 0.3) is 0 Å². The minimum absolute atomic E-state index is 0.0295. The molecule has 27 heavy (non-hydrogen) atoms. The number of aliphatic hydroxyl groups excluding tert-OH is 1. The Kier molecular flexibility index (Phi) is 5.66. The second-order valence-corrected chi connectivity index (χ2v) is 9.37. The van der Waals surface area contributed by atoms with Gasteiger partial charge in [-0.3, -0.25) is 9.59 Å². The average Bonchev–Trinajstić information content (AvgIpc) is 3.08. The zero-order valence-corrected chi connectivity index (χ0v) is 17.4. The molecule has 1 aromatic heterocycles. The fourth-order valence-electron chi connectivity index (χ4n) is 3.75. The van der Waals surface area contributed by atoms with E-state index in [1.54, 1.807) is 16.2 Å². The molecule has 0 radical (unpaired) electrons. The van der Waals surface area contributed by atoms with Crippen LogP contribution in [0, 0.1) is 0 Å². The minimum atomic E-state index is -0.972. The van der Waals surface area contributed by atoms with Crippen molar-refractivity contribution in [3.63, 3.8) is 0 Å². The van der Waals surface area contributed by atoms with Gasteiger partial charge in [0.05, 0.1) is 17.1 Å². The maximum atomic E-state index is 12.7. The van der Waals surface area contributed by atoms with Gasteiger partial charge < -0.3 is 20.1 Å². The van der Waals surface area contributed by atoms with Crippen molar-refractivity contribution < 1.29 is 19.4 Å². The molecule has 1 atom stereocenters. The van der Waals surface area contributed by atoms with E-state index in [0.717, 1.165) is 23.3 Å². The van der Waals surface area contributed by atoms with E-state index in [4.69, 9.17) is 4.74 Å². The number of aliphatic hydroxyl groups is 1. The SMILES string of the molecule is CCC(C)(C)NC(=O)c1cc2c(s1)CCOC21CCN(C(=O)[C@H](C)O)CC1. The fraction of sp³-hybridized carbons (Fsp3) is 0.700. The zero-order chi connectivity index (χ0) is 19.8. The molecule has 0 saturated carbocycles. The van der Waals surface area contributed by atoms with Gasteiger partial charge in [-0.2, -0.15) is 0 Å². The highest BCUT2D eigenvalue weighted by Gasteiger charge is 2.43. The van der Waals surface area contributed by atoms with E-state index in [-0.39, 0.29) is 17.4 Å². The van der Waals surface area contributed by atoms with Gasteiger partial charge in [-0.25, -0.2) is 0 Å². The van der Waals surface area contributed by atoms with E-state index in [1.165, 1.54) is 11.8 Å². The minimum Gasteiger partial charge on any atom is -0.384 e. The van der Waals surface area contributed by atoms with E-state index in [9.17, 15) is 14.7 Å². The van der Waals surface area contributed by atoms with Crippen molar-refractivity contribution in [3.05, 3.63) is 21.4 Å². The number of carbonyl (C=O) groups is 2. The molecule has 1 saturated heterocycles. The molecule has 2 aliphatic rings. The predicted molar refractivity (Wildman–Crippen MR) is 105 cm³/mol. The maximum Gasteiger partial charge on any atom is 0.261 e. The Hall–Kier alpha value is -1.44. The normalized spacial score (nSPS) is 20.3. The molecule has 1 aromatic rings. The number of hydrogen-bond donors (Lipinski definition) is 2. The van der Waals surface area contributed by atoms with Crippen LogP contribution in [0.5, 0.6) is 0 Å². The first-order chi connectivity index (χ1) is 12.7. The van der Waals surface area contributed by atoms with E-state index < -0.39 is 11.7 Å². The second-order valence-electron chi connectivity index (χ2n) is 8.23. The summed E-state index contributed by atoms with van der Waals surface area (Å²) < 4.78 is 6.21. The molecular formula is C20H30N2O4S. The van der Waals surface area contributed by atoms with Gasteiger partial charge in [0.25, 0.3) is 11.8 Å². The fourth-order valence-corrected chi connectivity index (χ4v) is 4.88. The third kappa shape index (κ3) is 4.05. The van der Waals surface area contributed by atoms with E-state index in [0.29, 0.717) is 32.5 Å². The lowest BCUT2D eigenvalue weighted by Crippen LogP contribution is -2.50. The molecule has 0 aliphatic carbocycles. The summed E-state index contributed by atoms with van der Waals surface area (Å²) in [5.74, 6) is -0.258. The molecule has 2 N–H and O–H groups in total. The Labute approximate surface area is 164 Å². The Morgan fingerprint density at radius 2 is 2.07 bits per heavy atom. The third-order valence-electron chi connectivity index (χ3n) is 5.81. The lowest BCUT2D eigenvalue weighted by molar-refractivity contribution is -0.148. The number of carbonyl (C=O) groups excluding carboxylic acids is 2. The summed E-state index contributed by atoms with van der Waals surface area (Å²) in [6.07, 6.45) is 2.10. The van der Waals surface area contributed by atoms with Crippen molar-refractivity contribution in [2.75, 3.05) is 19.7 Å². The number of ether oxygens (including phenoxy) is 1. The average molecular weight is 395 g/mol. The number of amides is 2. The topological polar surface area (TPSA) is 78.9 Å². The Morgan fingerprint density at radius 1 is 1.41 bits per heavy atom. The first-order valence-electron chi connectivity index (χ1n) is 9.74. The maximum absolute atomic E-state index is 12.7. The van der Waals surface area contributed by atoms with Gasteiger partial charge in [0.1, 0.15) is 6.10 Å². The first-order valence-corrected chi connectivity index (χ1v) is 10.6. The highest BCUT2D eigenvalue weighted by molar-refractivity contribution is 7.14. The quantitative estimate of drug-likeness (QED) is 0.822. The van der Waals surface area contributed by atoms with Gasteiger partial charge in [0.2, 0.25) is 0 Å². The summed E-state index contributed by atoms with van der Waals surface area (Å²) >= 11 is 1.56. The standard InChI is InChI=1S/C20H30N2O4S/c1-5-19(3,4)21-17(24)16-12-14-15(27-16)6-11-26-20(14)7-9-22(10-8-20)18(25)13(2)23/h12-13,23H,5-11H2,1-4H3,(H,21,24)/t13-/m0/s1. The van der Waals surface area contributed by atoms with Crippen LogP contribution in [0.4, 0.5) is 0 Å². The predicted octanol–water partition coefficient (Wildman–Crippen LogP) is 2.44. The van der Waals surface area contributed by atoms with Gasteiger partial charge in [-0.1, -0.05) is 6.92 Å². The molecule has 1 fully saturated rings. The summed E-state index contributed by atoms with van der Waals surface area (Å²) in [6.45, 7) is 9.37. The summed E-state index contributed by atoms with van der Waals surface area (Å²) in [5.41, 5.74) is 0.461. The number of nitrogens with zero attached hydrogens (tertiary/aromatic N) is 1. The van der Waals surface area contributed by atoms with Crippen molar-refractivity contribution >= 4 is 23.2 Å². The number of thiophene rings is 1. The van der Waals surface area contributed by atoms with Gasteiger partial charge in [-0.15, -0.1) is 11.3 Å². The van der Waals surface area contributed by atoms with Crippen molar-refractivity contribution in [2.45, 2.75) is 70.6 Å². The van der Waals surface area contributed by atoms with E-state index in [1.807, 2.05) is 19.9 Å². The molecule has 0 bridgehead atoms. The molecule has 3 rings (SSSR count). The smallest absolute Gasteiger partial charge is 0.261 e. The van der Waals surface area contributed by atoms with Crippen molar-refractivity contribution in [3.8, 4) is 0 Å². The van der Waals surface area contributed by atoms with Crippen molar-refractivity contribution in [1.82, 2.24) is 10.2 Å². The zero-order valence-electron chi connectivity index (χ0n) is 16.6. The van der Waals surface area contributed by atoms with Crippen LogP contribution in [-0.2, 0) is 21.6 Å². The third-order valence-corrected chi connectivity index (χ3v) is 7.00. The number of hydrogen-bond acceptors (Lipinski definition) is 5. The monoisotopic (exact) mass is 394 g/mol. The molecule has 2 amide bonds. The van der Waals surface area contributed by atoms with Crippen LogP contribution in [0.2, 0.25) is 0 Å². The molecule has 6 nitrogen and oxygen atoms in total. The van der Waals surface area contributed by atoms with Crippen molar-refractivity contribution in [1.29, 1.82) is 0 Å². The Morgan fingerprint density at radius 3 is 2.67 bits per heavy atom. The molecule has 7 heteroatoms. The molecule has 3 heterocycles. The number of piperidine rings is 1. The molecule has 1 spiro atoms. The highest BCUT2D eigenvalue weighted by atomic mass is 32.1. The summed E-state index contributed by atoms with van der Waals surface area (Å²) in [5, 5.41) is 12.7. The van der Waals surface area contributed by atoms with Crippen LogP contribution < -0.4 is 5.32 Å².